The molecule has 0 radical (unpaired) electrons. The number of pyridine rings is 1. The Morgan fingerprint density at radius 3 is 2.33 bits per heavy atom. The van der Waals surface area contributed by atoms with E-state index in [1.807, 2.05) is 37.3 Å². The van der Waals surface area contributed by atoms with E-state index in [-0.39, 0.29) is 30.6 Å². The third-order valence-electron chi connectivity index (χ3n) is 7.80. The average molecular weight is 597 g/mol. The number of aryl methyl sites for hydroxylation is 1. The molecule has 1 aromatic carbocycles. The molecule has 12 nitrogen and oxygen atoms in total. The van der Waals surface area contributed by atoms with Crippen LogP contribution in [0.15, 0.2) is 33.9 Å². The highest BCUT2D eigenvalue weighted by Crippen LogP contribution is 2.35. The van der Waals surface area contributed by atoms with Crippen LogP contribution in [-0.2, 0) is 18.7 Å². The van der Waals surface area contributed by atoms with Crippen LogP contribution >= 0.6 is 7.14 Å². The Labute approximate surface area is 246 Å². The van der Waals surface area contributed by atoms with Gasteiger partial charge in [0.25, 0.3) is 5.56 Å². The number of anilines is 4. The molecule has 0 bridgehead atoms. The van der Waals surface area contributed by atoms with Gasteiger partial charge in [-0.2, -0.15) is 5.26 Å². The van der Waals surface area contributed by atoms with Gasteiger partial charge in [-0.3, -0.25) is 18.8 Å². The fourth-order valence-electron chi connectivity index (χ4n) is 5.32. The molecule has 0 spiro atoms. The zero-order valence-corrected chi connectivity index (χ0v) is 26.0. The van der Waals surface area contributed by atoms with Crippen molar-refractivity contribution in [3.8, 4) is 6.07 Å². The lowest BCUT2D eigenvalue weighted by molar-refractivity contribution is 0.272. The highest BCUT2D eigenvalue weighted by Gasteiger charge is 2.24. The first-order valence-electron chi connectivity index (χ1n) is 14.2. The minimum atomic E-state index is -2.01. The summed E-state index contributed by atoms with van der Waals surface area (Å²) in [7, 11) is 0.988. The summed E-state index contributed by atoms with van der Waals surface area (Å²) >= 11 is 0. The average Bonchev–Trinajstić information content (AvgIpc) is 2.97. The van der Waals surface area contributed by atoms with E-state index in [0.717, 1.165) is 54.8 Å². The molecule has 0 unspecified atom stereocenters. The van der Waals surface area contributed by atoms with Gasteiger partial charge >= 0.3 is 5.69 Å². The second kappa shape index (κ2) is 13.1. The van der Waals surface area contributed by atoms with Gasteiger partial charge in [0.05, 0.1) is 31.9 Å². The molecule has 42 heavy (non-hydrogen) atoms. The van der Waals surface area contributed by atoms with Crippen LogP contribution in [0, 0.1) is 18.3 Å². The molecule has 1 saturated heterocycles. The van der Waals surface area contributed by atoms with Crippen LogP contribution in [-0.4, -0.2) is 96.0 Å². The van der Waals surface area contributed by atoms with E-state index in [4.69, 9.17) is 4.98 Å². The Morgan fingerprint density at radius 1 is 1.07 bits per heavy atom. The topological polar surface area (TPSA) is 140 Å². The lowest BCUT2D eigenvalue weighted by Gasteiger charge is -2.36. The molecule has 4 rings (SSSR count). The van der Waals surface area contributed by atoms with E-state index in [1.54, 1.807) is 7.05 Å². The molecule has 3 aromatic rings. The Bertz CT molecular complexity index is 1630. The minimum Gasteiger partial charge on any atom is -0.395 e. The summed E-state index contributed by atoms with van der Waals surface area (Å²) in [6, 6.07) is 10.2. The second-order valence-corrected chi connectivity index (χ2v) is 14.9. The molecule has 226 valence electrons. The van der Waals surface area contributed by atoms with Crippen molar-refractivity contribution in [3.63, 3.8) is 0 Å². The number of hydrogen-bond donors (Lipinski definition) is 2. The molecular formula is C29H41N8O4P. The minimum absolute atomic E-state index is 0.169. The quantitative estimate of drug-likeness (QED) is 0.317. The third-order valence-corrected chi connectivity index (χ3v) is 9.08. The van der Waals surface area contributed by atoms with Gasteiger partial charge in [0.15, 0.2) is 5.65 Å². The van der Waals surface area contributed by atoms with Gasteiger partial charge in [0.2, 0.25) is 0 Å². The van der Waals surface area contributed by atoms with Crippen molar-refractivity contribution in [1.29, 1.82) is 5.26 Å². The molecule has 2 aromatic heterocycles. The molecule has 0 amide bonds. The number of rotatable bonds is 11. The largest absolute Gasteiger partial charge is 0.395 e. The summed E-state index contributed by atoms with van der Waals surface area (Å²) in [5, 5.41) is 22.6. The van der Waals surface area contributed by atoms with Crippen molar-refractivity contribution < 1.29 is 9.67 Å². The number of hydrogen-bond acceptors (Lipinski definition) is 10. The summed E-state index contributed by atoms with van der Waals surface area (Å²) in [5.74, 6) is 0.478. The van der Waals surface area contributed by atoms with Crippen LogP contribution in [0.3, 0.4) is 0 Å². The lowest BCUT2D eigenvalue weighted by atomic mass is 10.1. The smallest absolute Gasteiger partial charge is 0.332 e. The van der Waals surface area contributed by atoms with Crippen LogP contribution in [0.5, 0.6) is 0 Å². The second-order valence-electron chi connectivity index (χ2n) is 11.3. The monoisotopic (exact) mass is 596 g/mol. The predicted molar refractivity (Wildman–Crippen MR) is 169 cm³/mol. The van der Waals surface area contributed by atoms with Crippen molar-refractivity contribution >= 4 is 41.1 Å². The van der Waals surface area contributed by atoms with Gasteiger partial charge in [-0.15, -0.1) is 0 Å². The summed E-state index contributed by atoms with van der Waals surface area (Å²) in [5.41, 5.74) is 2.37. The Kier molecular flexibility index (Phi) is 9.77. The van der Waals surface area contributed by atoms with E-state index >= 15 is 0 Å². The van der Waals surface area contributed by atoms with Crippen LogP contribution < -0.4 is 26.4 Å². The normalized spacial score (nSPS) is 14.3. The summed E-state index contributed by atoms with van der Waals surface area (Å²) in [6.07, 6.45) is 0.946. The summed E-state index contributed by atoms with van der Waals surface area (Å²) < 4.78 is 14.5. The van der Waals surface area contributed by atoms with Crippen molar-refractivity contribution in [2.45, 2.75) is 13.3 Å². The molecular weight excluding hydrogens is 555 g/mol. The number of nitrogens with one attached hydrogen (secondary N) is 1. The molecule has 0 saturated carbocycles. The highest BCUT2D eigenvalue weighted by molar-refractivity contribution is 7.62. The van der Waals surface area contributed by atoms with Crippen LogP contribution in [0.1, 0.15) is 12.0 Å². The van der Waals surface area contributed by atoms with Gasteiger partial charge in [0, 0.05) is 83.0 Å². The fourth-order valence-corrected chi connectivity index (χ4v) is 6.09. The maximum Gasteiger partial charge on any atom is 0.332 e. The zero-order valence-electron chi connectivity index (χ0n) is 25.1. The van der Waals surface area contributed by atoms with Crippen LogP contribution in [0.4, 0.5) is 22.9 Å². The first kappa shape index (κ1) is 31.3. The van der Waals surface area contributed by atoms with Crippen LogP contribution in [0.2, 0.25) is 0 Å². The zero-order chi connectivity index (χ0) is 30.6. The number of nitriles is 1. The number of fused-ring (bicyclic) bond motifs is 1. The first-order valence-corrected chi connectivity index (χ1v) is 16.9. The van der Waals surface area contributed by atoms with Gasteiger partial charge in [0.1, 0.15) is 11.2 Å². The highest BCUT2D eigenvalue weighted by atomic mass is 31.2. The Hall–Kier alpha value is -3.65. The van der Waals surface area contributed by atoms with Crippen molar-refractivity contribution in [2.75, 3.05) is 87.0 Å². The van der Waals surface area contributed by atoms with Crippen LogP contribution in [0.25, 0.3) is 11.0 Å². The van der Waals surface area contributed by atoms with Gasteiger partial charge in [-0.25, -0.2) is 9.78 Å². The number of nitrogens with zero attached hydrogens (tertiary/aromatic N) is 7. The van der Waals surface area contributed by atoms with Gasteiger partial charge < -0.3 is 24.8 Å². The number of aliphatic hydroxyl groups is 1. The van der Waals surface area contributed by atoms with Crippen molar-refractivity contribution in [3.05, 3.63) is 50.7 Å². The van der Waals surface area contributed by atoms with Crippen molar-refractivity contribution in [1.82, 2.24) is 19.0 Å². The van der Waals surface area contributed by atoms with E-state index in [2.05, 4.69) is 33.3 Å². The summed E-state index contributed by atoms with van der Waals surface area (Å²) in [6.45, 7) is 10.4. The van der Waals surface area contributed by atoms with E-state index in [0.29, 0.717) is 23.6 Å². The molecule has 1 fully saturated rings. The fraction of sp³-hybridized carbons (Fsp3) is 0.517. The SMILES string of the molecule is Cc1c(Nc2ccc(N3CCN(CCP(C)(C)=O)CC3)cc2)nc2c(c1N(CCO)CCC#N)c(=O)n(C)c(=O)n2C. The predicted octanol–water partition coefficient (Wildman–Crippen LogP) is 2.14. The molecule has 0 atom stereocenters. The van der Waals surface area contributed by atoms with Crippen molar-refractivity contribution in [2.24, 2.45) is 14.1 Å². The Balaban J connectivity index is 1.63. The van der Waals surface area contributed by atoms with Gasteiger partial charge in [-0.05, 0) is 44.5 Å². The number of piperazine rings is 1. The third kappa shape index (κ3) is 6.86. The molecule has 0 aliphatic carbocycles. The van der Waals surface area contributed by atoms with E-state index in [1.165, 1.54) is 11.6 Å². The molecule has 2 N–H and O–H groups in total. The first-order chi connectivity index (χ1) is 19.9. The lowest BCUT2D eigenvalue weighted by Crippen LogP contribution is -2.47. The number of benzene rings is 1. The molecule has 1 aliphatic heterocycles. The molecule has 13 heteroatoms. The summed E-state index contributed by atoms with van der Waals surface area (Å²) in [4.78, 5) is 37.3. The maximum absolute atomic E-state index is 13.3. The maximum atomic E-state index is 13.3. The standard InChI is InChI=1S/C29H41N8O4P/c1-21-25(37(17-19-38)12-6-11-30)24-27(33(2)29(40)34(3)28(24)39)32-26(21)31-22-7-9-23(10-8-22)36-15-13-35(14-16-36)18-20-42(4,5)41/h7-10,38H,6,12-20H2,1-5H3,(H,31,32). The number of aromatic nitrogens is 3. The number of aliphatic hydroxyl groups excluding tert-OH is 1. The van der Waals surface area contributed by atoms with E-state index < -0.39 is 18.4 Å². The Morgan fingerprint density at radius 2 is 1.74 bits per heavy atom. The van der Waals surface area contributed by atoms with Gasteiger partial charge in [-0.1, -0.05) is 0 Å². The molecule has 3 heterocycles. The molecule has 1 aliphatic rings. The van der Waals surface area contributed by atoms with E-state index in [9.17, 15) is 24.5 Å².